The molecule has 1 fully saturated rings. The van der Waals surface area contributed by atoms with Gasteiger partial charge in [0.15, 0.2) is 0 Å². The van der Waals surface area contributed by atoms with E-state index in [1.807, 2.05) is 19.1 Å². The van der Waals surface area contributed by atoms with Crippen LogP contribution in [-0.2, 0) is 11.2 Å². The molecule has 112 valence electrons. The van der Waals surface area contributed by atoms with Crippen molar-refractivity contribution in [1.29, 1.82) is 0 Å². The van der Waals surface area contributed by atoms with Crippen LogP contribution in [0.25, 0.3) is 0 Å². The number of halogens is 1. The molecule has 3 nitrogen and oxygen atoms in total. The fraction of sp³-hybridized carbons (Fsp3) is 0.625. The van der Waals surface area contributed by atoms with Crippen LogP contribution in [0.15, 0.2) is 22.7 Å². The first-order valence-electron chi connectivity index (χ1n) is 7.20. The molecule has 2 atom stereocenters. The Morgan fingerprint density at radius 3 is 2.85 bits per heavy atom. The van der Waals surface area contributed by atoms with Gasteiger partial charge in [-0.25, -0.2) is 0 Å². The molecule has 0 spiro atoms. The number of rotatable bonds is 5. The monoisotopic (exact) mass is 341 g/mol. The van der Waals surface area contributed by atoms with Crippen molar-refractivity contribution in [3.8, 4) is 5.75 Å². The molecular weight excluding hydrogens is 318 g/mol. The summed E-state index contributed by atoms with van der Waals surface area (Å²) in [5.41, 5.74) is 7.04. The van der Waals surface area contributed by atoms with E-state index in [0.717, 1.165) is 35.0 Å². The smallest absolute Gasteiger partial charge is 0.122 e. The Morgan fingerprint density at radius 2 is 2.25 bits per heavy atom. The summed E-state index contributed by atoms with van der Waals surface area (Å²) in [5, 5.41) is 0. The van der Waals surface area contributed by atoms with Crippen LogP contribution in [0.5, 0.6) is 5.75 Å². The minimum atomic E-state index is -0.0116. The van der Waals surface area contributed by atoms with Crippen molar-refractivity contribution in [2.75, 3.05) is 6.61 Å². The highest BCUT2D eigenvalue weighted by Crippen LogP contribution is 2.30. The zero-order chi connectivity index (χ0) is 14.8. The van der Waals surface area contributed by atoms with Crippen molar-refractivity contribution in [3.05, 3.63) is 28.2 Å². The maximum Gasteiger partial charge on any atom is 0.122 e. The van der Waals surface area contributed by atoms with Crippen LogP contribution in [0.3, 0.4) is 0 Å². The van der Waals surface area contributed by atoms with Crippen LogP contribution in [0, 0.1) is 0 Å². The van der Waals surface area contributed by atoms with E-state index < -0.39 is 0 Å². The van der Waals surface area contributed by atoms with Crippen LogP contribution in [0.1, 0.15) is 39.2 Å². The first kappa shape index (κ1) is 15.8. The summed E-state index contributed by atoms with van der Waals surface area (Å²) in [7, 11) is 0. The number of hydrogen-bond donors (Lipinski definition) is 1. The van der Waals surface area contributed by atoms with E-state index in [1.165, 1.54) is 0 Å². The van der Waals surface area contributed by atoms with Gasteiger partial charge in [-0.3, -0.25) is 0 Å². The van der Waals surface area contributed by atoms with E-state index in [9.17, 15) is 0 Å². The summed E-state index contributed by atoms with van der Waals surface area (Å²) in [5.74, 6) is 0.916. The number of nitrogens with two attached hydrogens (primary N) is 1. The van der Waals surface area contributed by atoms with E-state index >= 15 is 0 Å². The van der Waals surface area contributed by atoms with Gasteiger partial charge in [-0.2, -0.15) is 0 Å². The molecule has 4 heteroatoms. The van der Waals surface area contributed by atoms with Gasteiger partial charge in [0, 0.05) is 10.5 Å². The lowest BCUT2D eigenvalue weighted by Crippen LogP contribution is -2.24. The minimum Gasteiger partial charge on any atom is -0.491 e. The first-order valence-corrected chi connectivity index (χ1v) is 8.00. The lowest BCUT2D eigenvalue weighted by molar-refractivity contribution is -0.0327. The number of ether oxygens (including phenoxy) is 2. The van der Waals surface area contributed by atoms with Gasteiger partial charge in [-0.05, 0) is 63.8 Å². The van der Waals surface area contributed by atoms with Crippen LogP contribution in [-0.4, -0.2) is 24.4 Å². The Bertz CT molecular complexity index is 460. The standard InChI is InChI=1S/C16H24BrNO2/c1-11(18)8-12-9-13(17)4-5-15(12)19-10-14-6-7-16(2,3)20-14/h4-5,9,11,14H,6-8,10,18H2,1-3H3. The van der Waals surface area contributed by atoms with Crippen molar-refractivity contribution >= 4 is 15.9 Å². The molecule has 1 aliphatic rings. The Balaban J connectivity index is 1.98. The van der Waals surface area contributed by atoms with Gasteiger partial charge >= 0.3 is 0 Å². The summed E-state index contributed by atoms with van der Waals surface area (Å²) >= 11 is 3.50. The molecule has 1 heterocycles. The van der Waals surface area contributed by atoms with Gasteiger partial charge in [0.25, 0.3) is 0 Å². The minimum absolute atomic E-state index is 0.0116. The second kappa shape index (κ2) is 6.46. The maximum absolute atomic E-state index is 5.97. The summed E-state index contributed by atoms with van der Waals surface area (Å²) in [6.45, 7) is 6.88. The second-order valence-corrected chi connectivity index (χ2v) is 7.20. The molecule has 2 N–H and O–H groups in total. The van der Waals surface area contributed by atoms with Gasteiger partial charge in [0.05, 0.1) is 11.7 Å². The third kappa shape index (κ3) is 4.47. The maximum atomic E-state index is 5.97. The van der Waals surface area contributed by atoms with E-state index in [1.54, 1.807) is 0 Å². The molecule has 0 saturated carbocycles. The third-order valence-electron chi connectivity index (χ3n) is 3.54. The van der Waals surface area contributed by atoms with Gasteiger partial charge in [0.1, 0.15) is 12.4 Å². The normalized spacial score (nSPS) is 22.8. The zero-order valence-electron chi connectivity index (χ0n) is 12.5. The highest BCUT2D eigenvalue weighted by molar-refractivity contribution is 9.10. The molecule has 2 rings (SSSR count). The van der Waals surface area contributed by atoms with E-state index in [2.05, 4.69) is 35.8 Å². The average molecular weight is 342 g/mol. The number of hydrogen-bond acceptors (Lipinski definition) is 3. The molecule has 0 aromatic heterocycles. The topological polar surface area (TPSA) is 44.5 Å². The van der Waals surface area contributed by atoms with Gasteiger partial charge in [-0.1, -0.05) is 15.9 Å². The van der Waals surface area contributed by atoms with Gasteiger partial charge < -0.3 is 15.2 Å². The predicted octanol–water partition coefficient (Wildman–Crippen LogP) is 3.68. The highest BCUT2D eigenvalue weighted by Gasteiger charge is 2.32. The van der Waals surface area contributed by atoms with Crippen molar-refractivity contribution in [2.24, 2.45) is 5.73 Å². The molecule has 0 aliphatic carbocycles. The molecule has 1 aliphatic heterocycles. The first-order chi connectivity index (χ1) is 9.35. The Kier molecular flexibility index (Phi) is 5.10. The fourth-order valence-electron chi connectivity index (χ4n) is 2.57. The van der Waals surface area contributed by atoms with Gasteiger partial charge in [-0.15, -0.1) is 0 Å². The molecule has 0 radical (unpaired) electrons. The van der Waals surface area contributed by atoms with Crippen molar-refractivity contribution < 1.29 is 9.47 Å². The molecule has 1 saturated heterocycles. The molecule has 2 unspecified atom stereocenters. The summed E-state index contributed by atoms with van der Waals surface area (Å²) in [4.78, 5) is 0. The lowest BCUT2D eigenvalue weighted by atomic mass is 10.1. The lowest BCUT2D eigenvalue weighted by Gasteiger charge is -2.20. The number of benzene rings is 1. The fourth-order valence-corrected chi connectivity index (χ4v) is 2.98. The van der Waals surface area contributed by atoms with Crippen LogP contribution >= 0.6 is 15.9 Å². The summed E-state index contributed by atoms with van der Waals surface area (Å²) in [6.07, 6.45) is 3.16. The van der Waals surface area contributed by atoms with Crippen LogP contribution < -0.4 is 10.5 Å². The van der Waals surface area contributed by atoms with Crippen molar-refractivity contribution in [1.82, 2.24) is 0 Å². The molecule has 0 bridgehead atoms. The molecule has 1 aromatic carbocycles. The highest BCUT2D eigenvalue weighted by atomic mass is 79.9. The molecular formula is C16H24BrNO2. The van der Waals surface area contributed by atoms with Crippen molar-refractivity contribution in [3.63, 3.8) is 0 Å². The quantitative estimate of drug-likeness (QED) is 0.888. The summed E-state index contributed by atoms with van der Waals surface area (Å²) in [6, 6.07) is 6.20. The van der Waals surface area contributed by atoms with Crippen LogP contribution in [0.2, 0.25) is 0 Å². The molecule has 20 heavy (non-hydrogen) atoms. The van der Waals surface area contributed by atoms with Gasteiger partial charge in [0.2, 0.25) is 0 Å². The largest absolute Gasteiger partial charge is 0.491 e. The zero-order valence-corrected chi connectivity index (χ0v) is 14.1. The SMILES string of the molecule is CC(N)Cc1cc(Br)ccc1OCC1CCC(C)(C)O1. The Labute approximate surface area is 130 Å². The van der Waals surface area contributed by atoms with Crippen LogP contribution in [0.4, 0.5) is 0 Å². The van der Waals surface area contributed by atoms with Crippen molar-refractivity contribution in [2.45, 2.75) is 57.8 Å². The van der Waals surface area contributed by atoms with E-state index in [0.29, 0.717) is 6.61 Å². The molecule has 0 amide bonds. The van der Waals surface area contributed by atoms with E-state index in [-0.39, 0.29) is 17.7 Å². The summed E-state index contributed by atoms with van der Waals surface area (Å²) < 4.78 is 13.0. The molecule has 1 aromatic rings. The Morgan fingerprint density at radius 1 is 1.50 bits per heavy atom. The predicted molar refractivity (Wildman–Crippen MR) is 85.2 cm³/mol. The van der Waals surface area contributed by atoms with E-state index in [4.69, 9.17) is 15.2 Å². The Hall–Kier alpha value is -0.580. The average Bonchev–Trinajstić information content (AvgIpc) is 2.67. The third-order valence-corrected chi connectivity index (χ3v) is 4.04. The second-order valence-electron chi connectivity index (χ2n) is 6.28.